The van der Waals surface area contributed by atoms with Crippen LogP contribution in [0, 0.1) is 23.2 Å². The number of methoxy groups -OCH3 is 1. The fourth-order valence-electron chi connectivity index (χ4n) is 5.72. The first-order valence-electron chi connectivity index (χ1n) is 10.3. The van der Waals surface area contributed by atoms with Crippen LogP contribution in [0.5, 0.6) is 0 Å². The Kier molecular flexibility index (Phi) is 7.54. The van der Waals surface area contributed by atoms with Gasteiger partial charge in [-0.05, 0) is 75.5 Å². The summed E-state index contributed by atoms with van der Waals surface area (Å²) in [5.41, 5.74) is 1.89. The molecular weight excluding hydrogens is 312 g/mol. The van der Waals surface area contributed by atoms with Gasteiger partial charge in [0.15, 0.2) is 0 Å². The maximum atomic E-state index is 9.35. The summed E-state index contributed by atoms with van der Waals surface area (Å²) >= 11 is 0. The summed E-state index contributed by atoms with van der Waals surface area (Å²) in [6, 6.07) is 0. The van der Waals surface area contributed by atoms with Gasteiger partial charge < -0.3 is 14.6 Å². The normalized spacial score (nSPS) is 32.8. The van der Waals surface area contributed by atoms with Crippen molar-refractivity contribution in [3.05, 3.63) is 11.6 Å². The van der Waals surface area contributed by atoms with E-state index in [-0.39, 0.29) is 12.2 Å². The molecule has 0 bridgehead atoms. The zero-order chi connectivity index (χ0) is 18.5. The summed E-state index contributed by atoms with van der Waals surface area (Å²) in [5.74, 6) is 2.30. The van der Waals surface area contributed by atoms with Gasteiger partial charge in [-0.3, -0.25) is 0 Å². The highest BCUT2D eigenvalue weighted by molar-refractivity contribution is 5.18. The van der Waals surface area contributed by atoms with Gasteiger partial charge in [0.2, 0.25) is 0 Å². The minimum atomic E-state index is -0.0975. The van der Waals surface area contributed by atoms with E-state index in [2.05, 4.69) is 33.8 Å². The summed E-state index contributed by atoms with van der Waals surface area (Å²) in [5, 5.41) is 9.35. The predicted octanol–water partition coefficient (Wildman–Crippen LogP) is 5.33. The topological polar surface area (TPSA) is 38.7 Å². The summed E-state index contributed by atoms with van der Waals surface area (Å²) in [6.45, 7) is 9.91. The fourth-order valence-corrected chi connectivity index (χ4v) is 5.72. The van der Waals surface area contributed by atoms with E-state index in [0.29, 0.717) is 18.1 Å². The third-order valence-electron chi connectivity index (χ3n) is 7.08. The number of aliphatic hydroxyl groups is 1. The Bertz CT molecular complexity index is 443. The van der Waals surface area contributed by atoms with E-state index in [4.69, 9.17) is 9.47 Å². The van der Waals surface area contributed by atoms with Crippen molar-refractivity contribution in [1.29, 1.82) is 0 Å². The Morgan fingerprint density at radius 2 is 2.12 bits per heavy atom. The predicted molar refractivity (Wildman–Crippen MR) is 103 cm³/mol. The molecule has 2 fully saturated rings. The summed E-state index contributed by atoms with van der Waals surface area (Å²) in [4.78, 5) is 0. The molecule has 25 heavy (non-hydrogen) atoms. The van der Waals surface area contributed by atoms with Crippen LogP contribution in [0.3, 0.4) is 0 Å². The number of aliphatic hydroxyl groups excluding tert-OH is 1. The van der Waals surface area contributed by atoms with Crippen molar-refractivity contribution < 1.29 is 14.6 Å². The molecule has 2 saturated carbocycles. The highest BCUT2D eigenvalue weighted by Gasteiger charge is 2.50. The minimum Gasteiger partial charge on any atom is -0.392 e. The van der Waals surface area contributed by atoms with Gasteiger partial charge in [-0.2, -0.15) is 0 Å². The fraction of sp³-hybridized carbons (Fsp3) is 0.909. The molecule has 3 nitrogen and oxygen atoms in total. The molecule has 0 radical (unpaired) electrons. The Morgan fingerprint density at radius 3 is 2.80 bits per heavy atom. The lowest BCUT2D eigenvalue weighted by Gasteiger charge is -2.44. The number of hydrogen-bond donors (Lipinski definition) is 1. The number of fused-ring (bicyclic) bond motifs is 1. The van der Waals surface area contributed by atoms with Crippen LogP contribution >= 0.6 is 0 Å². The van der Waals surface area contributed by atoms with Crippen molar-refractivity contribution in [2.45, 2.75) is 84.7 Å². The molecule has 0 aromatic heterocycles. The van der Waals surface area contributed by atoms with Crippen LogP contribution in [-0.4, -0.2) is 31.2 Å². The van der Waals surface area contributed by atoms with Crippen molar-refractivity contribution >= 4 is 0 Å². The molecule has 0 aliphatic heterocycles. The maximum Gasteiger partial charge on any atom is 0.147 e. The van der Waals surface area contributed by atoms with E-state index in [0.717, 1.165) is 18.3 Å². The molecule has 3 heteroatoms. The maximum absolute atomic E-state index is 9.35. The molecule has 146 valence electrons. The Labute approximate surface area is 155 Å². The Balaban J connectivity index is 1.90. The summed E-state index contributed by atoms with van der Waals surface area (Å²) in [7, 11) is 1.68. The first kappa shape index (κ1) is 20.9. The number of allylic oxidation sites excluding steroid dienone is 1. The van der Waals surface area contributed by atoms with Crippen molar-refractivity contribution in [2.75, 3.05) is 20.5 Å². The highest BCUT2D eigenvalue weighted by atomic mass is 16.7. The van der Waals surface area contributed by atoms with Crippen molar-refractivity contribution in [1.82, 2.24) is 0 Å². The van der Waals surface area contributed by atoms with Crippen LogP contribution in [0.4, 0.5) is 0 Å². The minimum absolute atomic E-state index is 0.0975. The molecule has 0 unspecified atom stereocenters. The number of ether oxygens (including phenoxy) is 2. The molecule has 0 saturated heterocycles. The van der Waals surface area contributed by atoms with Crippen molar-refractivity contribution in [2.24, 2.45) is 23.2 Å². The molecular formula is C22H40O3. The lowest BCUT2D eigenvalue weighted by Crippen LogP contribution is -2.36. The van der Waals surface area contributed by atoms with Gasteiger partial charge in [0, 0.05) is 7.11 Å². The zero-order valence-electron chi connectivity index (χ0n) is 17.1. The third-order valence-corrected chi connectivity index (χ3v) is 7.08. The summed E-state index contributed by atoms with van der Waals surface area (Å²) in [6.07, 6.45) is 12.2. The Hall–Kier alpha value is -0.380. The monoisotopic (exact) mass is 352 g/mol. The first-order valence-corrected chi connectivity index (χ1v) is 10.3. The lowest BCUT2D eigenvalue weighted by molar-refractivity contribution is -0.118. The van der Waals surface area contributed by atoms with Gasteiger partial charge in [-0.1, -0.05) is 38.3 Å². The second-order valence-corrected chi connectivity index (χ2v) is 9.24. The highest BCUT2D eigenvalue weighted by Crippen LogP contribution is 2.59. The average Bonchev–Trinajstić information content (AvgIpc) is 2.91. The molecule has 0 aromatic rings. The van der Waals surface area contributed by atoms with Gasteiger partial charge in [-0.25, -0.2) is 0 Å². The molecule has 1 N–H and O–H groups in total. The van der Waals surface area contributed by atoms with E-state index in [9.17, 15) is 5.11 Å². The molecule has 2 rings (SSSR count). The van der Waals surface area contributed by atoms with Crippen LogP contribution in [-0.2, 0) is 9.47 Å². The van der Waals surface area contributed by atoms with Crippen LogP contribution < -0.4 is 0 Å². The van der Waals surface area contributed by atoms with E-state index in [1.165, 1.54) is 44.9 Å². The van der Waals surface area contributed by atoms with E-state index in [1.807, 2.05) is 0 Å². The van der Waals surface area contributed by atoms with Crippen LogP contribution in [0.15, 0.2) is 11.6 Å². The van der Waals surface area contributed by atoms with Gasteiger partial charge in [-0.15, -0.1) is 0 Å². The van der Waals surface area contributed by atoms with Crippen LogP contribution in [0.25, 0.3) is 0 Å². The standard InChI is InChI=1S/C22H40O3/c1-17(8-6-13-21(2,3)25-16-24-5)19-10-11-20-18(12-15-23)9-7-14-22(19,20)4/h12,17,19-20,23H,6-11,13-16H2,1-5H3/b18-12+/t17-,19-,20+,22-/m1/s1. The van der Waals surface area contributed by atoms with E-state index < -0.39 is 0 Å². The molecule has 0 aromatic carbocycles. The molecule has 0 spiro atoms. The first-order chi connectivity index (χ1) is 11.8. The van der Waals surface area contributed by atoms with Crippen molar-refractivity contribution in [3.8, 4) is 0 Å². The second-order valence-electron chi connectivity index (χ2n) is 9.24. The van der Waals surface area contributed by atoms with E-state index >= 15 is 0 Å². The molecule has 2 aliphatic carbocycles. The summed E-state index contributed by atoms with van der Waals surface area (Å²) < 4.78 is 10.8. The zero-order valence-corrected chi connectivity index (χ0v) is 17.1. The second kappa shape index (κ2) is 9.01. The third kappa shape index (κ3) is 5.08. The van der Waals surface area contributed by atoms with Crippen LogP contribution in [0.1, 0.15) is 79.1 Å². The van der Waals surface area contributed by atoms with Crippen molar-refractivity contribution in [3.63, 3.8) is 0 Å². The smallest absolute Gasteiger partial charge is 0.147 e. The van der Waals surface area contributed by atoms with Gasteiger partial charge >= 0.3 is 0 Å². The number of rotatable bonds is 9. The van der Waals surface area contributed by atoms with Gasteiger partial charge in [0.1, 0.15) is 6.79 Å². The van der Waals surface area contributed by atoms with E-state index in [1.54, 1.807) is 12.7 Å². The molecule has 2 aliphatic rings. The number of hydrogen-bond acceptors (Lipinski definition) is 3. The quantitative estimate of drug-likeness (QED) is 0.450. The largest absolute Gasteiger partial charge is 0.392 e. The molecule has 0 amide bonds. The Morgan fingerprint density at radius 1 is 1.36 bits per heavy atom. The molecule has 4 atom stereocenters. The van der Waals surface area contributed by atoms with Gasteiger partial charge in [0.25, 0.3) is 0 Å². The molecule has 0 heterocycles. The SMILES string of the molecule is COCOC(C)(C)CCC[C@@H](C)[C@H]1CC[C@H]2/C(=C/CO)CCC[C@]12C. The average molecular weight is 353 g/mol. The van der Waals surface area contributed by atoms with Crippen LogP contribution in [0.2, 0.25) is 0 Å². The lowest BCUT2D eigenvalue weighted by atomic mass is 9.60. The van der Waals surface area contributed by atoms with Gasteiger partial charge in [0.05, 0.1) is 12.2 Å².